The molecule has 2 N–H and O–H groups in total. The molecule has 0 amide bonds. The van der Waals surface area contributed by atoms with E-state index in [2.05, 4.69) is 68.3 Å². The molecular weight excluding hydrogens is 232 g/mol. The second kappa shape index (κ2) is 5.89. The van der Waals surface area contributed by atoms with Crippen LogP contribution in [0.15, 0.2) is 48.5 Å². The molecule has 0 bridgehead atoms. The smallest absolute Gasteiger partial charge is 0.0666 e. The van der Waals surface area contributed by atoms with E-state index >= 15 is 0 Å². The van der Waals surface area contributed by atoms with Gasteiger partial charge in [0.05, 0.1) is 6.04 Å². The second-order valence-electron chi connectivity index (χ2n) is 5.00. The van der Waals surface area contributed by atoms with Crippen molar-refractivity contribution in [1.29, 1.82) is 0 Å². The molecule has 0 radical (unpaired) electrons. The molecule has 2 rings (SSSR count). The van der Waals surface area contributed by atoms with E-state index in [0.717, 1.165) is 0 Å². The number of para-hydroxylation sites is 1. The van der Waals surface area contributed by atoms with Crippen LogP contribution in [-0.2, 0) is 0 Å². The van der Waals surface area contributed by atoms with Crippen LogP contribution < -0.4 is 10.6 Å². The number of hydrogen-bond acceptors (Lipinski definition) is 2. The van der Waals surface area contributed by atoms with Gasteiger partial charge in [0, 0.05) is 19.3 Å². The summed E-state index contributed by atoms with van der Waals surface area (Å²) in [5, 5.41) is 0. The van der Waals surface area contributed by atoms with Gasteiger partial charge in [-0.2, -0.15) is 0 Å². The highest BCUT2D eigenvalue weighted by atomic mass is 15.1. The highest BCUT2D eigenvalue weighted by molar-refractivity contribution is 5.50. The fourth-order valence-corrected chi connectivity index (χ4v) is 2.67. The maximum Gasteiger partial charge on any atom is 0.0666 e. The van der Waals surface area contributed by atoms with Gasteiger partial charge in [-0.15, -0.1) is 0 Å². The zero-order valence-electron chi connectivity index (χ0n) is 11.9. The van der Waals surface area contributed by atoms with Gasteiger partial charge >= 0.3 is 0 Å². The molecule has 1 atom stereocenters. The molecule has 0 spiro atoms. The van der Waals surface area contributed by atoms with E-state index in [1.54, 1.807) is 0 Å². The average Bonchev–Trinajstić information content (AvgIpc) is 2.43. The summed E-state index contributed by atoms with van der Waals surface area (Å²) < 4.78 is 0. The van der Waals surface area contributed by atoms with E-state index in [-0.39, 0.29) is 6.04 Å². The molecule has 0 saturated carbocycles. The lowest BCUT2D eigenvalue weighted by Gasteiger charge is -2.31. The van der Waals surface area contributed by atoms with Gasteiger partial charge in [0.1, 0.15) is 0 Å². The molecule has 0 aliphatic rings. The first kappa shape index (κ1) is 13.6. The first-order valence-corrected chi connectivity index (χ1v) is 6.69. The molecule has 2 heteroatoms. The standard InChI is InChI=1S/C17H22N2/c1-13-8-7-9-14(2)17(13)16(12-18)19(3)15-10-5-4-6-11-15/h4-11,16H,12,18H2,1-3H3. The number of nitrogens with zero attached hydrogens (tertiary/aromatic N) is 1. The zero-order chi connectivity index (χ0) is 13.8. The van der Waals surface area contributed by atoms with E-state index in [9.17, 15) is 0 Å². The van der Waals surface area contributed by atoms with Crippen LogP contribution in [0.5, 0.6) is 0 Å². The molecule has 0 saturated heterocycles. The number of nitrogens with two attached hydrogens (primary N) is 1. The van der Waals surface area contributed by atoms with Crippen molar-refractivity contribution < 1.29 is 0 Å². The van der Waals surface area contributed by atoms with E-state index in [1.807, 2.05) is 6.07 Å². The van der Waals surface area contributed by atoms with Crippen molar-refractivity contribution in [2.75, 3.05) is 18.5 Å². The lowest BCUT2D eigenvalue weighted by Crippen LogP contribution is -2.31. The van der Waals surface area contributed by atoms with Crippen LogP contribution in [0.1, 0.15) is 22.7 Å². The summed E-state index contributed by atoms with van der Waals surface area (Å²) in [5.74, 6) is 0. The third kappa shape index (κ3) is 2.79. The van der Waals surface area contributed by atoms with Crippen molar-refractivity contribution in [3.05, 3.63) is 65.2 Å². The first-order chi connectivity index (χ1) is 9.15. The molecule has 0 aromatic heterocycles. The normalized spacial score (nSPS) is 12.2. The van der Waals surface area contributed by atoms with Gasteiger partial charge in [-0.1, -0.05) is 36.4 Å². The van der Waals surface area contributed by atoms with Crippen molar-refractivity contribution in [3.8, 4) is 0 Å². The van der Waals surface area contributed by atoms with Crippen LogP contribution in [0.25, 0.3) is 0 Å². The Hall–Kier alpha value is -1.80. The Balaban J connectivity index is 2.40. The monoisotopic (exact) mass is 254 g/mol. The minimum atomic E-state index is 0.212. The van der Waals surface area contributed by atoms with Crippen LogP contribution in [-0.4, -0.2) is 13.6 Å². The summed E-state index contributed by atoms with van der Waals surface area (Å²) in [6.07, 6.45) is 0. The molecule has 0 heterocycles. The molecule has 0 aliphatic carbocycles. The molecule has 1 unspecified atom stereocenters. The number of rotatable bonds is 4. The zero-order valence-corrected chi connectivity index (χ0v) is 11.9. The molecule has 2 aromatic carbocycles. The molecule has 2 nitrogen and oxygen atoms in total. The highest BCUT2D eigenvalue weighted by Crippen LogP contribution is 2.29. The molecule has 19 heavy (non-hydrogen) atoms. The third-order valence-corrected chi connectivity index (χ3v) is 3.73. The van der Waals surface area contributed by atoms with E-state index in [0.29, 0.717) is 6.54 Å². The van der Waals surface area contributed by atoms with Crippen LogP contribution in [0.2, 0.25) is 0 Å². The predicted molar refractivity (Wildman–Crippen MR) is 82.6 cm³/mol. The van der Waals surface area contributed by atoms with Gasteiger partial charge in [-0.3, -0.25) is 0 Å². The van der Waals surface area contributed by atoms with E-state index in [1.165, 1.54) is 22.4 Å². The molecule has 100 valence electrons. The summed E-state index contributed by atoms with van der Waals surface area (Å²) in [5.41, 5.74) is 11.2. The predicted octanol–water partition coefficient (Wildman–Crippen LogP) is 3.44. The van der Waals surface area contributed by atoms with Crippen molar-refractivity contribution in [1.82, 2.24) is 0 Å². The maximum absolute atomic E-state index is 6.04. The van der Waals surface area contributed by atoms with Gasteiger partial charge in [-0.05, 0) is 42.7 Å². The van der Waals surface area contributed by atoms with E-state index in [4.69, 9.17) is 5.73 Å². The Kier molecular flexibility index (Phi) is 4.23. The van der Waals surface area contributed by atoms with Crippen LogP contribution in [0.4, 0.5) is 5.69 Å². The van der Waals surface area contributed by atoms with Crippen molar-refractivity contribution >= 4 is 5.69 Å². The SMILES string of the molecule is Cc1cccc(C)c1C(CN)N(C)c1ccccc1. The first-order valence-electron chi connectivity index (χ1n) is 6.69. The highest BCUT2D eigenvalue weighted by Gasteiger charge is 2.19. The van der Waals surface area contributed by atoms with Gasteiger partial charge in [0.15, 0.2) is 0 Å². The summed E-state index contributed by atoms with van der Waals surface area (Å²) >= 11 is 0. The van der Waals surface area contributed by atoms with Crippen molar-refractivity contribution in [3.63, 3.8) is 0 Å². The Morgan fingerprint density at radius 3 is 2.05 bits per heavy atom. The molecule has 0 fully saturated rings. The number of likely N-dealkylation sites (N-methyl/N-ethyl adjacent to an activating group) is 1. The number of hydrogen-bond donors (Lipinski definition) is 1. The number of aryl methyl sites for hydroxylation is 2. The lowest BCUT2D eigenvalue weighted by atomic mass is 9.95. The number of anilines is 1. The van der Waals surface area contributed by atoms with Gasteiger partial charge in [-0.25, -0.2) is 0 Å². The number of benzene rings is 2. The third-order valence-electron chi connectivity index (χ3n) is 3.73. The van der Waals surface area contributed by atoms with Gasteiger partial charge in [0.2, 0.25) is 0 Å². The molecule has 2 aromatic rings. The fraction of sp³-hybridized carbons (Fsp3) is 0.294. The average molecular weight is 254 g/mol. The Labute approximate surface area is 115 Å². The quantitative estimate of drug-likeness (QED) is 0.905. The summed E-state index contributed by atoms with van der Waals surface area (Å²) in [6, 6.07) is 17.0. The largest absolute Gasteiger partial charge is 0.366 e. The minimum Gasteiger partial charge on any atom is -0.366 e. The Morgan fingerprint density at radius 1 is 0.947 bits per heavy atom. The Morgan fingerprint density at radius 2 is 1.53 bits per heavy atom. The topological polar surface area (TPSA) is 29.3 Å². The van der Waals surface area contributed by atoms with Crippen LogP contribution in [0, 0.1) is 13.8 Å². The van der Waals surface area contributed by atoms with Crippen LogP contribution in [0.3, 0.4) is 0 Å². The maximum atomic E-state index is 6.04. The lowest BCUT2D eigenvalue weighted by molar-refractivity contribution is 0.672. The Bertz CT molecular complexity index is 514. The van der Waals surface area contributed by atoms with Crippen molar-refractivity contribution in [2.45, 2.75) is 19.9 Å². The molecule has 0 aliphatic heterocycles. The summed E-state index contributed by atoms with van der Waals surface area (Å²) in [4.78, 5) is 2.26. The van der Waals surface area contributed by atoms with Crippen molar-refractivity contribution in [2.24, 2.45) is 5.73 Å². The minimum absolute atomic E-state index is 0.212. The summed E-state index contributed by atoms with van der Waals surface area (Å²) in [7, 11) is 2.11. The van der Waals surface area contributed by atoms with Gasteiger partial charge in [0.25, 0.3) is 0 Å². The van der Waals surface area contributed by atoms with Crippen LogP contribution >= 0.6 is 0 Å². The summed E-state index contributed by atoms with van der Waals surface area (Å²) in [6.45, 7) is 4.92. The second-order valence-corrected chi connectivity index (χ2v) is 5.00. The molecular formula is C17H22N2. The van der Waals surface area contributed by atoms with Gasteiger partial charge < -0.3 is 10.6 Å². The van der Waals surface area contributed by atoms with E-state index < -0.39 is 0 Å². The fourth-order valence-electron chi connectivity index (χ4n) is 2.67.